The number of halogens is 1. The highest BCUT2D eigenvalue weighted by atomic mass is 19.1. The van der Waals surface area contributed by atoms with E-state index in [0.717, 1.165) is 0 Å². The molecule has 8 heteroatoms. The molecule has 0 spiro atoms. The van der Waals surface area contributed by atoms with Gasteiger partial charge in [0.05, 0.1) is 19.9 Å². The van der Waals surface area contributed by atoms with Gasteiger partial charge in [-0.05, 0) is 36.2 Å². The van der Waals surface area contributed by atoms with Gasteiger partial charge in [0.1, 0.15) is 23.0 Å². The van der Waals surface area contributed by atoms with Gasteiger partial charge in [-0.15, -0.1) is 0 Å². The van der Waals surface area contributed by atoms with E-state index in [9.17, 15) is 9.18 Å². The summed E-state index contributed by atoms with van der Waals surface area (Å²) in [5, 5.41) is 5.76. The highest BCUT2D eigenvalue weighted by molar-refractivity contribution is 5.92. The topological polar surface area (TPSA) is 85.4 Å². The van der Waals surface area contributed by atoms with Crippen LogP contribution in [0.2, 0.25) is 0 Å². The molecule has 1 aromatic heterocycles. The average molecular weight is 396 g/mol. The van der Waals surface area contributed by atoms with Crippen LogP contribution in [-0.4, -0.2) is 36.6 Å². The van der Waals surface area contributed by atoms with Crippen molar-refractivity contribution in [2.45, 2.75) is 6.42 Å². The van der Waals surface area contributed by atoms with Gasteiger partial charge < -0.3 is 20.1 Å². The number of anilines is 2. The summed E-state index contributed by atoms with van der Waals surface area (Å²) < 4.78 is 24.2. The Bertz CT molecular complexity index is 997. The van der Waals surface area contributed by atoms with E-state index in [1.165, 1.54) is 18.3 Å². The molecule has 0 saturated carbocycles. The van der Waals surface area contributed by atoms with Crippen LogP contribution in [0, 0.1) is 5.82 Å². The number of hydrogen-bond donors (Lipinski definition) is 2. The summed E-state index contributed by atoms with van der Waals surface area (Å²) in [6.45, 7) is 0.288. The fourth-order valence-electron chi connectivity index (χ4n) is 2.68. The van der Waals surface area contributed by atoms with Gasteiger partial charge >= 0.3 is 0 Å². The second-order valence-corrected chi connectivity index (χ2v) is 6.05. The predicted molar refractivity (Wildman–Crippen MR) is 107 cm³/mol. The Hall–Kier alpha value is -3.68. The van der Waals surface area contributed by atoms with E-state index >= 15 is 0 Å². The Kier molecular flexibility index (Phi) is 6.57. The lowest BCUT2D eigenvalue weighted by atomic mass is 10.1. The zero-order valence-corrected chi connectivity index (χ0v) is 16.1. The first-order valence-electron chi connectivity index (χ1n) is 8.94. The summed E-state index contributed by atoms with van der Waals surface area (Å²) in [5.41, 5.74) is 1.34. The van der Waals surface area contributed by atoms with Crippen molar-refractivity contribution in [2.75, 3.05) is 26.1 Å². The van der Waals surface area contributed by atoms with E-state index < -0.39 is 0 Å². The number of amides is 1. The van der Waals surface area contributed by atoms with Crippen molar-refractivity contribution in [2.24, 2.45) is 0 Å². The van der Waals surface area contributed by atoms with Crippen LogP contribution in [0.3, 0.4) is 0 Å². The number of methoxy groups -OCH3 is 2. The second-order valence-electron chi connectivity index (χ2n) is 6.05. The number of carbonyl (C=O) groups excluding carboxylic acids is 1. The van der Waals surface area contributed by atoms with Crippen LogP contribution in [-0.2, 0) is 6.42 Å². The lowest BCUT2D eigenvalue weighted by Crippen LogP contribution is -2.27. The zero-order valence-electron chi connectivity index (χ0n) is 16.1. The summed E-state index contributed by atoms with van der Waals surface area (Å²) in [4.78, 5) is 20.8. The molecule has 7 nitrogen and oxygen atoms in total. The fraction of sp³-hybridized carbons (Fsp3) is 0.190. The third kappa shape index (κ3) is 5.19. The summed E-state index contributed by atoms with van der Waals surface area (Å²) in [6.07, 6.45) is 1.86. The van der Waals surface area contributed by atoms with Crippen molar-refractivity contribution in [3.8, 4) is 11.5 Å². The Morgan fingerprint density at radius 1 is 1.10 bits per heavy atom. The van der Waals surface area contributed by atoms with E-state index in [-0.39, 0.29) is 29.9 Å². The molecule has 0 atom stereocenters. The third-order valence-corrected chi connectivity index (χ3v) is 4.18. The molecule has 1 amide bonds. The Morgan fingerprint density at radius 3 is 2.69 bits per heavy atom. The minimum atomic E-state index is -0.371. The van der Waals surface area contributed by atoms with E-state index in [1.807, 2.05) is 0 Å². The van der Waals surface area contributed by atoms with E-state index in [2.05, 4.69) is 20.6 Å². The molecular formula is C21H21FN4O3. The number of rotatable bonds is 8. The quantitative estimate of drug-likeness (QED) is 0.607. The first-order valence-corrected chi connectivity index (χ1v) is 8.94. The van der Waals surface area contributed by atoms with Crippen molar-refractivity contribution in [3.05, 3.63) is 71.8 Å². The number of hydrogen-bond acceptors (Lipinski definition) is 6. The minimum absolute atomic E-state index is 0.192. The van der Waals surface area contributed by atoms with Crippen LogP contribution in [0.4, 0.5) is 16.0 Å². The number of nitrogens with one attached hydrogen (secondary N) is 2. The zero-order chi connectivity index (χ0) is 20.6. The highest BCUT2D eigenvalue weighted by Gasteiger charge is 2.11. The molecule has 29 heavy (non-hydrogen) atoms. The van der Waals surface area contributed by atoms with Crippen LogP contribution in [0.5, 0.6) is 11.5 Å². The van der Waals surface area contributed by atoms with Gasteiger partial charge in [0, 0.05) is 18.8 Å². The van der Waals surface area contributed by atoms with Gasteiger partial charge in [-0.3, -0.25) is 4.79 Å². The van der Waals surface area contributed by atoms with Gasteiger partial charge in [0.25, 0.3) is 5.91 Å². The molecule has 3 rings (SSSR count). The van der Waals surface area contributed by atoms with Crippen LogP contribution < -0.4 is 20.1 Å². The number of carbonyl (C=O) groups is 1. The van der Waals surface area contributed by atoms with Crippen LogP contribution in [0.1, 0.15) is 16.1 Å². The standard InChI is InChI=1S/C21H21FN4O3/c1-28-15-7-8-19(29-2)18(13-15)26-21-24-12-10-17(25-21)20(27)23-11-9-14-5-3-4-6-16(14)22/h3-8,10,12-13H,9,11H2,1-2H3,(H,23,27)(H,24,25,26). The van der Waals surface area contributed by atoms with Gasteiger partial charge in [-0.25, -0.2) is 14.4 Å². The maximum Gasteiger partial charge on any atom is 0.270 e. The maximum atomic E-state index is 13.7. The predicted octanol–water partition coefficient (Wildman–Crippen LogP) is 3.35. The molecule has 2 aromatic carbocycles. The Labute approximate surface area is 167 Å². The van der Waals surface area contributed by atoms with Gasteiger partial charge in [0.2, 0.25) is 5.95 Å². The molecule has 0 aliphatic carbocycles. The first-order chi connectivity index (χ1) is 14.1. The summed E-state index contributed by atoms with van der Waals surface area (Å²) in [6, 6.07) is 13.2. The van der Waals surface area contributed by atoms with Gasteiger partial charge in [-0.1, -0.05) is 18.2 Å². The van der Waals surface area contributed by atoms with Crippen LogP contribution in [0.25, 0.3) is 0 Å². The second kappa shape index (κ2) is 9.50. The molecule has 0 radical (unpaired) electrons. The molecule has 3 aromatic rings. The number of ether oxygens (including phenoxy) is 2. The maximum absolute atomic E-state index is 13.7. The molecular weight excluding hydrogens is 375 g/mol. The monoisotopic (exact) mass is 396 g/mol. The Balaban J connectivity index is 1.66. The smallest absolute Gasteiger partial charge is 0.270 e. The molecule has 150 valence electrons. The molecule has 0 bridgehead atoms. The van der Waals surface area contributed by atoms with E-state index in [4.69, 9.17) is 9.47 Å². The van der Waals surface area contributed by atoms with Crippen molar-refractivity contribution >= 4 is 17.5 Å². The number of benzene rings is 2. The normalized spacial score (nSPS) is 10.3. The molecule has 0 fully saturated rings. The highest BCUT2D eigenvalue weighted by Crippen LogP contribution is 2.30. The van der Waals surface area contributed by atoms with E-state index in [1.54, 1.807) is 50.6 Å². The molecule has 0 saturated heterocycles. The van der Waals surface area contributed by atoms with E-state index in [0.29, 0.717) is 29.2 Å². The summed E-state index contributed by atoms with van der Waals surface area (Å²) in [5.74, 6) is 0.787. The van der Waals surface area contributed by atoms with Crippen molar-refractivity contribution in [1.29, 1.82) is 0 Å². The van der Waals surface area contributed by atoms with Crippen LogP contribution >= 0.6 is 0 Å². The molecule has 0 aliphatic rings. The molecule has 0 unspecified atom stereocenters. The number of nitrogens with zero attached hydrogens (tertiary/aromatic N) is 2. The largest absolute Gasteiger partial charge is 0.497 e. The van der Waals surface area contributed by atoms with Gasteiger partial charge in [-0.2, -0.15) is 0 Å². The van der Waals surface area contributed by atoms with Crippen molar-refractivity contribution in [1.82, 2.24) is 15.3 Å². The Morgan fingerprint density at radius 2 is 1.93 bits per heavy atom. The van der Waals surface area contributed by atoms with Crippen molar-refractivity contribution in [3.63, 3.8) is 0 Å². The lowest BCUT2D eigenvalue weighted by molar-refractivity contribution is 0.0949. The average Bonchev–Trinajstić information content (AvgIpc) is 2.75. The molecule has 0 aliphatic heterocycles. The summed E-state index contributed by atoms with van der Waals surface area (Å²) >= 11 is 0. The lowest BCUT2D eigenvalue weighted by Gasteiger charge is -2.12. The molecule has 2 N–H and O–H groups in total. The SMILES string of the molecule is COc1ccc(OC)c(Nc2nccc(C(=O)NCCc3ccccc3F)n2)c1. The fourth-order valence-corrected chi connectivity index (χ4v) is 2.68. The molecule has 1 heterocycles. The van der Waals surface area contributed by atoms with Crippen molar-refractivity contribution < 1.29 is 18.7 Å². The third-order valence-electron chi connectivity index (χ3n) is 4.18. The van der Waals surface area contributed by atoms with Gasteiger partial charge in [0.15, 0.2) is 0 Å². The minimum Gasteiger partial charge on any atom is -0.497 e. The summed E-state index contributed by atoms with van der Waals surface area (Å²) in [7, 11) is 3.11. The number of aromatic nitrogens is 2. The van der Waals surface area contributed by atoms with Crippen LogP contribution in [0.15, 0.2) is 54.7 Å². The first kappa shape index (κ1) is 20.1.